The third-order valence-electron chi connectivity index (χ3n) is 2.93. The molecule has 0 aromatic heterocycles. The summed E-state index contributed by atoms with van der Waals surface area (Å²) < 4.78 is 5.76. The fourth-order valence-corrected chi connectivity index (χ4v) is 2.58. The number of fused-ring (bicyclic) bond motifs is 2. The number of ketones is 1. The van der Waals surface area contributed by atoms with E-state index < -0.39 is 13.7 Å². The Balaban J connectivity index is 2.20. The number of carbonyl (C=O) groups excluding carboxylic acids is 1. The number of Topliss-reactive ketones (excluding diaryl/α,β-unsaturated/α-hetero) is 1. The van der Waals surface area contributed by atoms with Gasteiger partial charge in [-0.3, -0.25) is 4.79 Å². The quantitative estimate of drug-likeness (QED) is 0.525. The Bertz CT molecular complexity index is 483. The van der Waals surface area contributed by atoms with Crippen molar-refractivity contribution in [3.63, 3.8) is 0 Å². The van der Waals surface area contributed by atoms with Crippen molar-refractivity contribution in [1.82, 2.24) is 0 Å². The first-order valence-corrected chi connectivity index (χ1v) is 9.44. The number of allylic oxidation sites excluding steroid dienone is 2. The molecule has 2 nitrogen and oxygen atoms in total. The van der Waals surface area contributed by atoms with Gasteiger partial charge in [-0.15, -0.1) is 11.5 Å². The van der Waals surface area contributed by atoms with Gasteiger partial charge in [0.15, 0.2) is 11.4 Å². The van der Waals surface area contributed by atoms with Crippen LogP contribution < -0.4 is 0 Å². The van der Waals surface area contributed by atoms with Crippen LogP contribution in [0.25, 0.3) is 0 Å². The maximum absolute atomic E-state index is 12.1. The predicted octanol–water partition coefficient (Wildman–Crippen LogP) is 2.83. The summed E-state index contributed by atoms with van der Waals surface area (Å²) >= 11 is 0. The van der Waals surface area contributed by atoms with Gasteiger partial charge in [0, 0.05) is 6.42 Å². The van der Waals surface area contributed by atoms with Crippen LogP contribution in [0.2, 0.25) is 19.6 Å². The normalized spacial score (nSPS) is 26.7. The first-order valence-electron chi connectivity index (χ1n) is 5.94. The van der Waals surface area contributed by atoms with Gasteiger partial charge in [0.2, 0.25) is 0 Å². The molecule has 0 aliphatic carbocycles. The lowest BCUT2D eigenvalue weighted by Crippen LogP contribution is -2.39. The van der Waals surface area contributed by atoms with Crippen molar-refractivity contribution in [1.29, 1.82) is 0 Å². The molecule has 2 bridgehead atoms. The maximum atomic E-state index is 12.1. The molecule has 1 unspecified atom stereocenters. The third-order valence-corrected chi connectivity index (χ3v) is 3.86. The van der Waals surface area contributed by atoms with Crippen molar-refractivity contribution in [2.45, 2.75) is 45.0 Å². The number of hydrogen-bond donors (Lipinski definition) is 0. The molecule has 0 N–H and O–H groups in total. The highest BCUT2D eigenvalue weighted by atomic mass is 28.3. The summed E-state index contributed by atoms with van der Waals surface area (Å²) in [5.74, 6) is 4.15. The highest BCUT2D eigenvalue weighted by Crippen LogP contribution is 2.38. The SMILES string of the molecule is CC1=C2C=CC(CC#C[Si](C)(C)C)(O2)C(=O)C1. The summed E-state index contributed by atoms with van der Waals surface area (Å²) in [5, 5.41) is 0. The summed E-state index contributed by atoms with van der Waals surface area (Å²) in [6.07, 6.45) is 4.77. The van der Waals surface area contributed by atoms with E-state index >= 15 is 0 Å². The number of rotatable bonds is 1. The Kier molecular flexibility index (Phi) is 2.79. The Labute approximate surface area is 104 Å². The molecule has 0 spiro atoms. The molecule has 0 aromatic rings. The fourth-order valence-electron chi connectivity index (χ4n) is 1.97. The lowest BCUT2D eigenvalue weighted by Gasteiger charge is -2.29. The largest absolute Gasteiger partial charge is 0.474 e. The van der Waals surface area contributed by atoms with Gasteiger partial charge in [0.1, 0.15) is 13.8 Å². The number of ether oxygens (including phenoxy) is 1. The van der Waals surface area contributed by atoms with E-state index in [1.54, 1.807) is 0 Å². The van der Waals surface area contributed by atoms with Crippen molar-refractivity contribution >= 4 is 13.9 Å². The molecule has 1 atom stereocenters. The monoisotopic (exact) mass is 246 g/mol. The summed E-state index contributed by atoms with van der Waals surface area (Å²) in [4.78, 5) is 12.1. The van der Waals surface area contributed by atoms with Crippen LogP contribution >= 0.6 is 0 Å². The molecule has 17 heavy (non-hydrogen) atoms. The summed E-state index contributed by atoms with van der Waals surface area (Å²) in [7, 11) is -1.37. The maximum Gasteiger partial charge on any atom is 0.196 e. The molecule has 0 aromatic carbocycles. The van der Waals surface area contributed by atoms with Gasteiger partial charge >= 0.3 is 0 Å². The molecular formula is C14H18O2Si. The predicted molar refractivity (Wildman–Crippen MR) is 71.0 cm³/mol. The van der Waals surface area contributed by atoms with Crippen molar-refractivity contribution in [3.05, 3.63) is 23.5 Å². The van der Waals surface area contributed by atoms with E-state index in [1.807, 2.05) is 19.1 Å². The van der Waals surface area contributed by atoms with Gasteiger partial charge in [0.05, 0.1) is 6.42 Å². The molecule has 3 heteroatoms. The molecule has 0 saturated carbocycles. The zero-order valence-corrected chi connectivity index (χ0v) is 11.9. The van der Waals surface area contributed by atoms with E-state index in [-0.39, 0.29) is 5.78 Å². The smallest absolute Gasteiger partial charge is 0.196 e. The van der Waals surface area contributed by atoms with Gasteiger partial charge in [-0.1, -0.05) is 19.6 Å². The second-order valence-electron chi connectivity index (χ2n) is 5.80. The second kappa shape index (κ2) is 3.88. The summed E-state index contributed by atoms with van der Waals surface area (Å²) in [6, 6.07) is 0. The van der Waals surface area contributed by atoms with Crippen molar-refractivity contribution < 1.29 is 9.53 Å². The lowest BCUT2D eigenvalue weighted by atomic mass is 9.91. The number of carbonyl (C=O) groups is 1. The van der Waals surface area contributed by atoms with Gasteiger partial charge in [0.25, 0.3) is 0 Å². The molecule has 2 rings (SSSR count). The van der Waals surface area contributed by atoms with E-state index in [1.165, 1.54) is 0 Å². The Hall–Kier alpha value is -1.27. The van der Waals surface area contributed by atoms with E-state index in [0.717, 1.165) is 11.3 Å². The van der Waals surface area contributed by atoms with E-state index in [4.69, 9.17) is 4.74 Å². The first-order chi connectivity index (χ1) is 7.82. The molecular weight excluding hydrogens is 228 g/mol. The Morgan fingerprint density at radius 1 is 1.47 bits per heavy atom. The minimum atomic E-state index is -1.37. The average molecular weight is 246 g/mol. The van der Waals surface area contributed by atoms with Crippen LogP contribution in [0.1, 0.15) is 19.8 Å². The highest BCUT2D eigenvalue weighted by molar-refractivity contribution is 6.83. The van der Waals surface area contributed by atoms with Crippen LogP contribution in [0.4, 0.5) is 0 Å². The highest BCUT2D eigenvalue weighted by Gasteiger charge is 2.44. The molecule has 2 heterocycles. The van der Waals surface area contributed by atoms with Crippen LogP contribution in [-0.2, 0) is 9.53 Å². The van der Waals surface area contributed by atoms with Crippen molar-refractivity contribution in [2.24, 2.45) is 0 Å². The van der Waals surface area contributed by atoms with Crippen LogP contribution in [0, 0.1) is 11.5 Å². The third kappa shape index (κ3) is 2.37. The zero-order chi connectivity index (χ0) is 12.7. The van der Waals surface area contributed by atoms with E-state index in [9.17, 15) is 4.79 Å². The minimum Gasteiger partial charge on any atom is -0.474 e. The molecule has 2 aliphatic heterocycles. The average Bonchev–Trinajstić information content (AvgIpc) is 2.56. The summed E-state index contributed by atoms with van der Waals surface area (Å²) in [5.41, 5.74) is 3.53. The minimum absolute atomic E-state index is 0.136. The molecule has 2 aliphatic rings. The summed E-state index contributed by atoms with van der Waals surface area (Å²) in [6.45, 7) is 8.53. The van der Waals surface area contributed by atoms with Gasteiger partial charge in [-0.25, -0.2) is 0 Å². The van der Waals surface area contributed by atoms with Crippen LogP contribution in [0.3, 0.4) is 0 Å². The molecule has 0 radical (unpaired) electrons. The number of hydrogen-bond acceptors (Lipinski definition) is 2. The van der Waals surface area contributed by atoms with Crippen molar-refractivity contribution in [3.8, 4) is 11.5 Å². The topological polar surface area (TPSA) is 26.3 Å². The molecule has 0 fully saturated rings. The lowest BCUT2D eigenvalue weighted by molar-refractivity contribution is -0.134. The molecule has 90 valence electrons. The van der Waals surface area contributed by atoms with E-state index in [0.29, 0.717) is 12.8 Å². The van der Waals surface area contributed by atoms with Gasteiger partial charge in [-0.05, 0) is 24.6 Å². The second-order valence-corrected chi connectivity index (χ2v) is 10.5. The zero-order valence-electron chi connectivity index (χ0n) is 10.9. The molecule has 0 saturated heterocycles. The molecule has 0 amide bonds. The van der Waals surface area contributed by atoms with Crippen LogP contribution in [-0.4, -0.2) is 19.5 Å². The van der Waals surface area contributed by atoms with Gasteiger partial charge < -0.3 is 4.74 Å². The Morgan fingerprint density at radius 3 is 2.82 bits per heavy atom. The fraction of sp³-hybridized carbons (Fsp3) is 0.500. The van der Waals surface area contributed by atoms with Gasteiger partial charge in [-0.2, -0.15) is 0 Å². The standard InChI is InChI=1S/C14H18O2Si/c1-11-10-13(15)14(8-6-12(11)16-14)7-5-9-17(2,3)4/h6,8H,7,10H2,1-4H3. The van der Waals surface area contributed by atoms with E-state index in [2.05, 4.69) is 31.1 Å². The van der Waals surface area contributed by atoms with Crippen LogP contribution in [0.5, 0.6) is 0 Å². The van der Waals surface area contributed by atoms with Crippen LogP contribution in [0.15, 0.2) is 23.5 Å². The van der Waals surface area contributed by atoms with Crippen molar-refractivity contribution in [2.75, 3.05) is 0 Å². The Morgan fingerprint density at radius 2 is 2.18 bits per heavy atom. The first kappa shape index (κ1) is 12.2.